The third-order valence-electron chi connectivity index (χ3n) is 3.75. The quantitative estimate of drug-likeness (QED) is 0.633. The molecule has 0 fully saturated rings. The van der Waals surface area contributed by atoms with Crippen LogP contribution in [-0.4, -0.2) is 38.6 Å². The van der Waals surface area contributed by atoms with E-state index in [0.717, 1.165) is 29.7 Å². The number of aromatic nitrogens is 4. The molecule has 1 amide bonds. The first-order valence-electron chi connectivity index (χ1n) is 8.37. The minimum Gasteiger partial charge on any atom is -0.494 e. The van der Waals surface area contributed by atoms with E-state index in [0.29, 0.717) is 25.4 Å². The fourth-order valence-corrected chi connectivity index (χ4v) is 2.53. The predicted molar refractivity (Wildman–Crippen MR) is 93.4 cm³/mol. The number of nitrogens with one attached hydrogen (secondary N) is 1. The van der Waals surface area contributed by atoms with Crippen LogP contribution >= 0.6 is 0 Å². The van der Waals surface area contributed by atoms with Gasteiger partial charge in [0.2, 0.25) is 5.91 Å². The second-order valence-electron chi connectivity index (χ2n) is 5.67. The van der Waals surface area contributed by atoms with E-state index >= 15 is 0 Å². The number of hydrogen-bond acceptors (Lipinski definition) is 5. The Morgan fingerprint density at radius 3 is 2.84 bits per heavy atom. The topological polar surface area (TPSA) is 81.4 Å². The van der Waals surface area contributed by atoms with E-state index in [4.69, 9.17) is 4.74 Å². The van der Waals surface area contributed by atoms with Gasteiger partial charge < -0.3 is 10.1 Å². The van der Waals surface area contributed by atoms with Crippen molar-refractivity contribution in [2.45, 2.75) is 26.2 Å². The summed E-state index contributed by atoms with van der Waals surface area (Å²) in [5.74, 6) is 1.44. The van der Waals surface area contributed by atoms with Crippen molar-refractivity contribution in [1.82, 2.24) is 24.9 Å². The molecule has 0 unspecified atom stereocenters. The van der Waals surface area contributed by atoms with Crippen molar-refractivity contribution >= 4 is 11.7 Å². The normalized spacial score (nSPS) is 10.8. The molecule has 0 spiro atoms. The van der Waals surface area contributed by atoms with E-state index in [2.05, 4.69) is 20.4 Å². The molecule has 2 aromatic heterocycles. The summed E-state index contributed by atoms with van der Waals surface area (Å²) in [6.07, 6.45) is 7.23. The number of amides is 1. The van der Waals surface area contributed by atoms with Crippen LogP contribution < -0.4 is 10.1 Å². The van der Waals surface area contributed by atoms with Gasteiger partial charge in [0.1, 0.15) is 12.1 Å². The van der Waals surface area contributed by atoms with Gasteiger partial charge in [-0.15, -0.1) is 0 Å². The van der Waals surface area contributed by atoms with Crippen LogP contribution in [-0.2, 0) is 17.6 Å². The van der Waals surface area contributed by atoms with Crippen LogP contribution in [0.3, 0.4) is 0 Å². The van der Waals surface area contributed by atoms with E-state index in [1.807, 2.05) is 37.4 Å². The molecule has 0 saturated carbocycles. The Labute approximate surface area is 146 Å². The summed E-state index contributed by atoms with van der Waals surface area (Å²) in [4.78, 5) is 20.2. The molecule has 3 rings (SSSR count). The van der Waals surface area contributed by atoms with E-state index in [-0.39, 0.29) is 5.91 Å². The van der Waals surface area contributed by atoms with Crippen molar-refractivity contribution in [3.63, 3.8) is 0 Å². The van der Waals surface area contributed by atoms with Crippen molar-refractivity contribution < 1.29 is 9.53 Å². The Morgan fingerprint density at radius 2 is 2.04 bits per heavy atom. The number of carbonyl (C=O) groups excluding carboxylic acids is 1. The number of aryl methyl sites for hydroxylation is 1. The average molecular weight is 339 g/mol. The van der Waals surface area contributed by atoms with Gasteiger partial charge >= 0.3 is 0 Å². The summed E-state index contributed by atoms with van der Waals surface area (Å²) in [5.41, 5.74) is 2.04. The second kappa shape index (κ2) is 8.23. The van der Waals surface area contributed by atoms with Crippen molar-refractivity contribution in [3.05, 3.63) is 54.1 Å². The highest BCUT2D eigenvalue weighted by Gasteiger charge is 2.04. The Bertz CT molecular complexity index is 829. The summed E-state index contributed by atoms with van der Waals surface area (Å²) in [5, 5.41) is 7.01. The van der Waals surface area contributed by atoms with E-state index in [9.17, 15) is 4.79 Å². The molecule has 0 radical (unpaired) electrons. The zero-order valence-corrected chi connectivity index (χ0v) is 14.2. The fraction of sp³-hybridized carbons (Fsp3) is 0.333. The molecular weight excluding hydrogens is 318 g/mol. The van der Waals surface area contributed by atoms with Crippen molar-refractivity contribution in [1.29, 1.82) is 0 Å². The first-order valence-corrected chi connectivity index (χ1v) is 8.37. The van der Waals surface area contributed by atoms with Crippen LogP contribution in [0, 0.1) is 0 Å². The molecule has 25 heavy (non-hydrogen) atoms. The molecule has 7 heteroatoms. The molecule has 7 nitrogen and oxygen atoms in total. The van der Waals surface area contributed by atoms with E-state index in [1.54, 1.807) is 10.7 Å². The van der Waals surface area contributed by atoms with Gasteiger partial charge in [-0.1, -0.05) is 12.1 Å². The van der Waals surface area contributed by atoms with Crippen LogP contribution in [0.4, 0.5) is 0 Å². The molecule has 0 atom stereocenters. The summed E-state index contributed by atoms with van der Waals surface area (Å²) in [6, 6.07) is 7.62. The number of ether oxygens (including phenoxy) is 1. The van der Waals surface area contributed by atoms with Gasteiger partial charge in [-0.25, -0.2) is 9.50 Å². The lowest BCUT2D eigenvalue weighted by Gasteiger charge is -2.07. The van der Waals surface area contributed by atoms with Crippen molar-refractivity contribution in [2.24, 2.45) is 0 Å². The minimum absolute atomic E-state index is 0.0222. The Morgan fingerprint density at radius 1 is 1.20 bits per heavy atom. The van der Waals surface area contributed by atoms with Crippen LogP contribution in [0.2, 0.25) is 0 Å². The molecule has 0 saturated heterocycles. The fourth-order valence-electron chi connectivity index (χ4n) is 2.53. The molecule has 0 bridgehead atoms. The van der Waals surface area contributed by atoms with Gasteiger partial charge in [-0.05, 0) is 43.0 Å². The highest BCUT2D eigenvalue weighted by Crippen LogP contribution is 2.12. The zero-order valence-electron chi connectivity index (χ0n) is 14.2. The molecule has 3 aromatic rings. The lowest BCUT2D eigenvalue weighted by atomic mass is 10.1. The molecule has 130 valence electrons. The Balaban J connectivity index is 1.40. The molecular formula is C18H21N5O2. The smallest absolute Gasteiger partial charge is 0.252 e. The van der Waals surface area contributed by atoms with Crippen LogP contribution in [0.5, 0.6) is 5.75 Å². The maximum absolute atomic E-state index is 12.0. The number of hydrogen-bond donors (Lipinski definition) is 1. The maximum Gasteiger partial charge on any atom is 0.252 e. The molecule has 1 aromatic carbocycles. The molecule has 2 heterocycles. The summed E-state index contributed by atoms with van der Waals surface area (Å²) in [6.45, 7) is 3.21. The van der Waals surface area contributed by atoms with Gasteiger partial charge in [-0.3, -0.25) is 4.79 Å². The van der Waals surface area contributed by atoms with Crippen molar-refractivity contribution in [3.8, 4) is 5.75 Å². The standard InChI is InChI=1S/C18H21N5O2/c1-2-25-16-7-5-14(6-8-16)10-17(24)19-9-3-4-15-11-20-18-21-13-22-23(18)12-15/h5-8,11-13H,2-4,9-10H2,1H3,(H,19,24). The molecule has 0 aliphatic heterocycles. The Kier molecular flexibility index (Phi) is 5.56. The highest BCUT2D eigenvalue weighted by atomic mass is 16.5. The highest BCUT2D eigenvalue weighted by molar-refractivity contribution is 5.78. The van der Waals surface area contributed by atoms with Crippen LogP contribution in [0.15, 0.2) is 43.0 Å². The third-order valence-corrected chi connectivity index (χ3v) is 3.75. The number of carbonyl (C=O) groups is 1. The second-order valence-corrected chi connectivity index (χ2v) is 5.67. The van der Waals surface area contributed by atoms with Gasteiger partial charge in [0.25, 0.3) is 5.78 Å². The third kappa shape index (κ3) is 4.76. The first-order chi connectivity index (χ1) is 12.2. The lowest BCUT2D eigenvalue weighted by molar-refractivity contribution is -0.120. The predicted octanol–water partition coefficient (Wildman–Crippen LogP) is 1.81. The summed E-state index contributed by atoms with van der Waals surface area (Å²) in [7, 11) is 0. The molecule has 0 aliphatic rings. The van der Waals surface area contributed by atoms with Crippen LogP contribution in [0.1, 0.15) is 24.5 Å². The van der Waals surface area contributed by atoms with Gasteiger partial charge in [0.05, 0.1) is 13.0 Å². The van der Waals surface area contributed by atoms with Crippen molar-refractivity contribution in [2.75, 3.05) is 13.2 Å². The number of nitrogens with zero attached hydrogens (tertiary/aromatic N) is 4. The SMILES string of the molecule is CCOc1ccc(CC(=O)NCCCc2cnc3ncnn3c2)cc1. The molecule has 1 N–H and O–H groups in total. The summed E-state index contributed by atoms with van der Waals surface area (Å²) < 4.78 is 7.05. The molecule has 0 aliphatic carbocycles. The van der Waals surface area contributed by atoms with E-state index in [1.165, 1.54) is 6.33 Å². The number of rotatable bonds is 8. The Hall–Kier alpha value is -2.96. The van der Waals surface area contributed by atoms with Gasteiger partial charge in [-0.2, -0.15) is 10.1 Å². The first kappa shape index (κ1) is 16.9. The number of fused-ring (bicyclic) bond motifs is 1. The minimum atomic E-state index is 0.0222. The largest absolute Gasteiger partial charge is 0.494 e. The lowest BCUT2D eigenvalue weighted by Crippen LogP contribution is -2.26. The zero-order chi connectivity index (χ0) is 17.5. The average Bonchev–Trinajstić information content (AvgIpc) is 3.08. The van der Waals surface area contributed by atoms with E-state index < -0.39 is 0 Å². The van der Waals surface area contributed by atoms with Gasteiger partial charge in [0.15, 0.2) is 0 Å². The number of benzene rings is 1. The summed E-state index contributed by atoms with van der Waals surface area (Å²) >= 11 is 0. The van der Waals surface area contributed by atoms with Crippen LogP contribution in [0.25, 0.3) is 5.78 Å². The van der Waals surface area contributed by atoms with Gasteiger partial charge in [0, 0.05) is 18.9 Å². The monoisotopic (exact) mass is 339 g/mol. The maximum atomic E-state index is 12.0.